The molecule has 1 heterocycles. The van der Waals surface area contributed by atoms with E-state index in [1.54, 1.807) is 24.3 Å². The van der Waals surface area contributed by atoms with E-state index in [1.807, 2.05) is 13.8 Å². The molecular formula is C20H28N4O2S. The van der Waals surface area contributed by atoms with Crippen molar-refractivity contribution >= 4 is 35.0 Å². The van der Waals surface area contributed by atoms with E-state index in [2.05, 4.69) is 41.0 Å². The molecule has 7 heteroatoms. The molecule has 0 aliphatic heterocycles. The molecule has 27 heavy (non-hydrogen) atoms. The van der Waals surface area contributed by atoms with Crippen molar-refractivity contribution in [3.05, 3.63) is 35.7 Å². The Labute approximate surface area is 165 Å². The van der Waals surface area contributed by atoms with Crippen LogP contribution in [0.25, 0.3) is 0 Å². The van der Waals surface area contributed by atoms with Crippen molar-refractivity contribution in [1.82, 2.24) is 9.55 Å². The number of nitrogens with one attached hydrogen (secondary N) is 2. The van der Waals surface area contributed by atoms with E-state index in [1.165, 1.54) is 18.7 Å². The highest BCUT2D eigenvalue weighted by molar-refractivity contribution is 8.00. The zero-order valence-corrected chi connectivity index (χ0v) is 17.6. The topological polar surface area (TPSA) is 76.0 Å². The zero-order chi connectivity index (χ0) is 20.1. The van der Waals surface area contributed by atoms with E-state index in [4.69, 9.17) is 0 Å². The van der Waals surface area contributed by atoms with Gasteiger partial charge in [0.1, 0.15) is 0 Å². The Kier molecular flexibility index (Phi) is 7.07. The average Bonchev–Trinajstić information content (AvgIpc) is 2.83. The molecule has 1 aromatic carbocycles. The summed E-state index contributed by atoms with van der Waals surface area (Å²) >= 11 is 1.47. The van der Waals surface area contributed by atoms with Gasteiger partial charge in [0.2, 0.25) is 11.8 Å². The summed E-state index contributed by atoms with van der Waals surface area (Å²) in [6.07, 6.45) is 0. The third kappa shape index (κ3) is 5.85. The molecule has 0 fully saturated rings. The monoisotopic (exact) mass is 388 g/mol. The number of aromatic nitrogens is 2. The molecule has 2 aromatic rings. The first-order valence-corrected chi connectivity index (χ1v) is 9.94. The van der Waals surface area contributed by atoms with Crippen LogP contribution < -0.4 is 10.6 Å². The third-order valence-electron chi connectivity index (χ3n) is 4.09. The second kappa shape index (κ2) is 9.08. The van der Waals surface area contributed by atoms with Gasteiger partial charge >= 0.3 is 0 Å². The summed E-state index contributed by atoms with van der Waals surface area (Å²) in [5.41, 5.74) is 3.54. The number of carbonyl (C=O) groups excluding carboxylic acids is 2. The lowest BCUT2D eigenvalue weighted by atomic mass is 10.2. The summed E-state index contributed by atoms with van der Waals surface area (Å²) in [6, 6.07) is 7.07. The van der Waals surface area contributed by atoms with Gasteiger partial charge in [0, 0.05) is 30.5 Å². The summed E-state index contributed by atoms with van der Waals surface area (Å²) in [5, 5.41) is 6.21. The normalized spacial score (nSPS) is 12.1. The molecule has 0 saturated carbocycles. The van der Waals surface area contributed by atoms with Crippen molar-refractivity contribution in [3.63, 3.8) is 0 Å². The minimum Gasteiger partial charge on any atom is -0.326 e. The highest BCUT2D eigenvalue weighted by atomic mass is 32.2. The summed E-state index contributed by atoms with van der Waals surface area (Å²) in [6.45, 7) is 12.6. The van der Waals surface area contributed by atoms with Crippen LogP contribution in [0.15, 0.2) is 29.4 Å². The van der Waals surface area contributed by atoms with Crippen LogP contribution in [0.2, 0.25) is 0 Å². The molecule has 0 unspecified atom stereocenters. The predicted molar refractivity (Wildman–Crippen MR) is 111 cm³/mol. The Bertz CT molecular complexity index is 812. The van der Waals surface area contributed by atoms with Crippen molar-refractivity contribution < 1.29 is 9.59 Å². The van der Waals surface area contributed by atoms with Gasteiger partial charge in [-0.1, -0.05) is 25.6 Å². The lowest BCUT2D eigenvalue weighted by molar-refractivity contribution is -0.115. The van der Waals surface area contributed by atoms with Gasteiger partial charge in [0.15, 0.2) is 5.16 Å². The number of benzene rings is 1. The Hall–Kier alpha value is -2.28. The number of hydrogen-bond acceptors (Lipinski definition) is 4. The number of thioether (sulfide) groups is 1. The van der Waals surface area contributed by atoms with Crippen LogP contribution in [0.1, 0.15) is 39.1 Å². The highest BCUT2D eigenvalue weighted by Gasteiger charge is 2.20. The average molecular weight is 389 g/mol. The van der Waals surface area contributed by atoms with Gasteiger partial charge in [-0.05, 0) is 51.0 Å². The van der Waals surface area contributed by atoms with Crippen molar-refractivity contribution in [2.24, 2.45) is 5.92 Å². The largest absolute Gasteiger partial charge is 0.326 e. The fraction of sp³-hybridized carbons (Fsp3) is 0.450. The van der Waals surface area contributed by atoms with Gasteiger partial charge in [0.05, 0.1) is 10.9 Å². The standard InChI is InChI=1S/C20H28N4O2S/c1-12(2)11-24-14(4)13(3)21-20(24)27-15(5)19(26)23-18-9-7-17(8-10-18)22-16(6)25/h7-10,12,15H,11H2,1-6H3,(H,22,25)(H,23,26)/t15-/m0/s1. The van der Waals surface area contributed by atoms with E-state index in [0.29, 0.717) is 17.3 Å². The highest BCUT2D eigenvalue weighted by Crippen LogP contribution is 2.27. The van der Waals surface area contributed by atoms with Gasteiger partial charge in [-0.15, -0.1) is 0 Å². The molecule has 0 aliphatic rings. The van der Waals surface area contributed by atoms with Crippen LogP contribution >= 0.6 is 11.8 Å². The molecule has 1 atom stereocenters. The Morgan fingerprint density at radius 3 is 2.15 bits per heavy atom. The quantitative estimate of drug-likeness (QED) is 0.696. The first-order valence-electron chi connectivity index (χ1n) is 9.06. The van der Waals surface area contributed by atoms with E-state index in [-0.39, 0.29) is 17.1 Å². The van der Waals surface area contributed by atoms with Crippen LogP contribution in [-0.4, -0.2) is 26.6 Å². The third-order valence-corrected chi connectivity index (χ3v) is 5.18. The molecule has 0 aliphatic carbocycles. The van der Waals surface area contributed by atoms with Crippen LogP contribution in [0.3, 0.4) is 0 Å². The number of nitrogens with zero attached hydrogens (tertiary/aromatic N) is 2. The van der Waals surface area contributed by atoms with Gasteiger partial charge in [0.25, 0.3) is 0 Å². The van der Waals surface area contributed by atoms with Gasteiger partial charge in [-0.2, -0.15) is 0 Å². The van der Waals surface area contributed by atoms with Crippen LogP contribution in [0.5, 0.6) is 0 Å². The van der Waals surface area contributed by atoms with Crippen molar-refractivity contribution in [2.75, 3.05) is 10.6 Å². The molecule has 2 N–H and O–H groups in total. The number of rotatable bonds is 7. The minimum atomic E-state index is -0.285. The molecule has 1 aromatic heterocycles. The number of imidazole rings is 1. The molecule has 146 valence electrons. The Morgan fingerprint density at radius 1 is 1.07 bits per heavy atom. The molecule has 0 bridgehead atoms. The molecular weight excluding hydrogens is 360 g/mol. The maximum atomic E-state index is 12.6. The lowest BCUT2D eigenvalue weighted by Gasteiger charge is -2.15. The summed E-state index contributed by atoms with van der Waals surface area (Å²) < 4.78 is 2.19. The van der Waals surface area contributed by atoms with Gasteiger partial charge in [-0.25, -0.2) is 4.98 Å². The number of hydrogen-bond donors (Lipinski definition) is 2. The SMILES string of the molecule is CC(=O)Nc1ccc(NC(=O)[C@H](C)Sc2nc(C)c(C)n2CC(C)C)cc1. The van der Waals surface area contributed by atoms with E-state index in [9.17, 15) is 9.59 Å². The number of anilines is 2. The smallest absolute Gasteiger partial charge is 0.237 e. The van der Waals surface area contributed by atoms with Gasteiger partial charge in [-0.3, -0.25) is 9.59 Å². The zero-order valence-electron chi connectivity index (χ0n) is 16.8. The molecule has 0 spiro atoms. The van der Waals surface area contributed by atoms with Crippen LogP contribution in [0, 0.1) is 19.8 Å². The molecule has 2 amide bonds. The maximum Gasteiger partial charge on any atom is 0.237 e. The molecule has 0 radical (unpaired) electrons. The lowest BCUT2D eigenvalue weighted by Crippen LogP contribution is -2.23. The number of aryl methyl sites for hydroxylation is 1. The first kappa shape index (κ1) is 21.0. The van der Waals surface area contributed by atoms with Crippen LogP contribution in [0.4, 0.5) is 11.4 Å². The minimum absolute atomic E-state index is 0.0818. The molecule has 0 saturated heterocycles. The fourth-order valence-electron chi connectivity index (χ4n) is 2.59. The summed E-state index contributed by atoms with van der Waals surface area (Å²) in [7, 11) is 0. The Balaban J connectivity index is 2.03. The van der Waals surface area contributed by atoms with E-state index in [0.717, 1.165) is 23.1 Å². The Morgan fingerprint density at radius 2 is 1.63 bits per heavy atom. The first-order chi connectivity index (χ1) is 12.7. The summed E-state index contributed by atoms with van der Waals surface area (Å²) in [4.78, 5) is 28.3. The van der Waals surface area contributed by atoms with Crippen molar-refractivity contribution in [3.8, 4) is 0 Å². The fourth-order valence-corrected chi connectivity index (χ4v) is 3.60. The van der Waals surface area contributed by atoms with E-state index >= 15 is 0 Å². The van der Waals surface area contributed by atoms with Crippen molar-refractivity contribution in [2.45, 2.75) is 58.5 Å². The number of amides is 2. The second-order valence-corrected chi connectivity index (χ2v) is 8.39. The molecule has 6 nitrogen and oxygen atoms in total. The maximum absolute atomic E-state index is 12.6. The second-order valence-electron chi connectivity index (χ2n) is 7.08. The van der Waals surface area contributed by atoms with E-state index < -0.39 is 0 Å². The summed E-state index contributed by atoms with van der Waals surface area (Å²) in [5.74, 6) is 0.295. The molecule has 2 rings (SSSR count). The van der Waals surface area contributed by atoms with Gasteiger partial charge < -0.3 is 15.2 Å². The van der Waals surface area contributed by atoms with Crippen LogP contribution in [-0.2, 0) is 16.1 Å². The predicted octanol–water partition coefficient (Wildman–Crippen LogP) is 4.23. The van der Waals surface area contributed by atoms with Crippen molar-refractivity contribution in [1.29, 1.82) is 0 Å². The number of carbonyl (C=O) groups is 2.